The largest absolute Gasteiger partial charge is 0.374 e. The van der Waals surface area contributed by atoms with E-state index in [1.807, 2.05) is 6.92 Å². The van der Waals surface area contributed by atoms with Crippen LogP contribution in [0.15, 0.2) is 0 Å². The van der Waals surface area contributed by atoms with Crippen molar-refractivity contribution in [3.8, 4) is 0 Å². The van der Waals surface area contributed by atoms with Crippen molar-refractivity contribution >= 4 is 9.84 Å². The average molecular weight is 233 g/mol. The van der Waals surface area contributed by atoms with E-state index in [1.165, 1.54) is 0 Å². The van der Waals surface area contributed by atoms with E-state index in [4.69, 9.17) is 10.5 Å². The van der Waals surface area contributed by atoms with Gasteiger partial charge in [0.25, 0.3) is 0 Å². The fourth-order valence-electron chi connectivity index (χ4n) is 2.55. The highest BCUT2D eigenvalue weighted by Crippen LogP contribution is 2.29. The Morgan fingerprint density at radius 2 is 2.07 bits per heavy atom. The summed E-state index contributed by atoms with van der Waals surface area (Å²) >= 11 is 0. The standard InChI is InChI=1S/C10H19NO3S/c1-7-2-3-9(14-7)10(11)8-4-5-15(12,13)6-8/h7-10H,2-6,11H2,1H3. The van der Waals surface area contributed by atoms with Crippen LogP contribution < -0.4 is 5.73 Å². The molecule has 2 rings (SSSR count). The van der Waals surface area contributed by atoms with E-state index >= 15 is 0 Å². The second-order valence-electron chi connectivity index (χ2n) is 4.80. The molecule has 2 aliphatic heterocycles. The number of hydrogen-bond acceptors (Lipinski definition) is 4. The lowest BCUT2D eigenvalue weighted by Crippen LogP contribution is -2.41. The Morgan fingerprint density at radius 1 is 1.33 bits per heavy atom. The van der Waals surface area contributed by atoms with Gasteiger partial charge in [0.15, 0.2) is 9.84 Å². The predicted octanol–water partition coefficient (Wildman–Crippen LogP) is 0.316. The molecule has 0 aromatic carbocycles. The van der Waals surface area contributed by atoms with E-state index < -0.39 is 9.84 Å². The number of nitrogens with two attached hydrogens (primary N) is 1. The Balaban J connectivity index is 1.94. The van der Waals surface area contributed by atoms with Crippen LogP contribution in [0.25, 0.3) is 0 Å². The van der Waals surface area contributed by atoms with E-state index in [1.54, 1.807) is 0 Å². The quantitative estimate of drug-likeness (QED) is 0.745. The Hall–Kier alpha value is -0.130. The molecule has 88 valence electrons. The van der Waals surface area contributed by atoms with Gasteiger partial charge in [-0.1, -0.05) is 0 Å². The van der Waals surface area contributed by atoms with E-state index in [0.29, 0.717) is 12.2 Å². The van der Waals surface area contributed by atoms with Gasteiger partial charge in [-0.05, 0) is 32.1 Å². The van der Waals surface area contributed by atoms with Gasteiger partial charge in [-0.2, -0.15) is 0 Å². The first-order valence-corrected chi connectivity index (χ1v) is 7.41. The van der Waals surface area contributed by atoms with E-state index in [-0.39, 0.29) is 29.9 Å². The first-order chi connectivity index (χ1) is 6.98. The maximum absolute atomic E-state index is 11.3. The van der Waals surface area contributed by atoms with Gasteiger partial charge in [0.2, 0.25) is 0 Å². The molecule has 15 heavy (non-hydrogen) atoms. The van der Waals surface area contributed by atoms with Crippen LogP contribution in [-0.2, 0) is 14.6 Å². The smallest absolute Gasteiger partial charge is 0.150 e. The topological polar surface area (TPSA) is 69.4 Å². The second-order valence-corrected chi connectivity index (χ2v) is 7.03. The summed E-state index contributed by atoms with van der Waals surface area (Å²) in [5, 5.41) is 0. The molecule has 0 aromatic rings. The van der Waals surface area contributed by atoms with Crippen LogP contribution in [0, 0.1) is 5.92 Å². The van der Waals surface area contributed by atoms with Gasteiger partial charge in [0.1, 0.15) is 0 Å². The molecule has 2 heterocycles. The summed E-state index contributed by atoms with van der Waals surface area (Å²) in [5.41, 5.74) is 6.08. The highest BCUT2D eigenvalue weighted by atomic mass is 32.2. The first kappa shape index (κ1) is 11.4. The van der Waals surface area contributed by atoms with Crippen molar-refractivity contribution in [2.75, 3.05) is 11.5 Å². The summed E-state index contributed by atoms with van der Waals surface area (Å²) in [6.45, 7) is 2.04. The van der Waals surface area contributed by atoms with Crippen LogP contribution in [0.1, 0.15) is 26.2 Å². The fraction of sp³-hybridized carbons (Fsp3) is 1.00. The van der Waals surface area contributed by atoms with Gasteiger partial charge in [0.05, 0.1) is 23.7 Å². The number of rotatable bonds is 2. The third-order valence-electron chi connectivity index (χ3n) is 3.51. The first-order valence-electron chi connectivity index (χ1n) is 5.59. The van der Waals surface area contributed by atoms with E-state index in [0.717, 1.165) is 12.8 Å². The average Bonchev–Trinajstić information content (AvgIpc) is 2.71. The lowest BCUT2D eigenvalue weighted by Gasteiger charge is -2.24. The third-order valence-corrected chi connectivity index (χ3v) is 5.30. The molecule has 0 radical (unpaired) electrons. The molecular weight excluding hydrogens is 214 g/mol. The van der Waals surface area contributed by atoms with E-state index in [2.05, 4.69) is 0 Å². The Kier molecular flexibility index (Phi) is 3.05. The van der Waals surface area contributed by atoms with Gasteiger partial charge in [-0.25, -0.2) is 8.42 Å². The molecule has 4 unspecified atom stereocenters. The van der Waals surface area contributed by atoms with Crippen LogP contribution in [0.5, 0.6) is 0 Å². The van der Waals surface area contributed by atoms with Crippen molar-refractivity contribution in [3.05, 3.63) is 0 Å². The third kappa shape index (κ3) is 2.52. The maximum Gasteiger partial charge on any atom is 0.150 e. The minimum atomic E-state index is -2.82. The van der Waals surface area contributed by atoms with Gasteiger partial charge < -0.3 is 10.5 Å². The molecule has 0 amide bonds. The summed E-state index contributed by atoms with van der Waals surface area (Å²) in [7, 11) is -2.82. The molecule has 2 aliphatic rings. The summed E-state index contributed by atoms with van der Waals surface area (Å²) in [6.07, 6.45) is 3.06. The van der Waals surface area contributed by atoms with Gasteiger partial charge >= 0.3 is 0 Å². The van der Waals surface area contributed by atoms with Crippen molar-refractivity contribution in [2.45, 2.75) is 44.4 Å². The minimum Gasteiger partial charge on any atom is -0.374 e. The summed E-state index contributed by atoms with van der Waals surface area (Å²) < 4.78 is 28.3. The molecule has 0 bridgehead atoms. The molecule has 4 nitrogen and oxygen atoms in total. The Morgan fingerprint density at radius 3 is 2.53 bits per heavy atom. The molecule has 5 heteroatoms. The number of hydrogen-bond donors (Lipinski definition) is 1. The Bertz CT molecular complexity index is 328. The Labute approximate surface area is 91.1 Å². The molecule has 2 N–H and O–H groups in total. The molecular formula is C10H19NO3S. The zero-order valence-electron chi connectivity index (χ0n) is 9.06. The van der Waals surface area contributed by atoms with Gasteiger partial charge in [0, 0.05) is 6.04 Å². The van der Waals surface area contributed by atoms with Crippen molar-refractivity contribution in [1.82, 2.24) is 0 Å². The van der Waals surface area contributed by atoms with Crippen molar-refractivity contribution in [1.29, 1.82) is 0 Å². The predicted molar refractivity (Wildman–Crippen MR) is 58.3 cm³/mol. The zero-order valence-corrected chi connectivity index (χ0v) is 9.87. The SMILES string of the molecule is CC1CCC(C(N)C2CCS(=O)(=O)C2)O1. The van der Waals surface area contributed by atoms with Crippen LogP contribution in [0.3, 0.4) is 0 Å². The molecule has 2 fully saturated rings. The maximum atomic E-state index is 11.3. The number of ether oxygens (including phenoxy) is 1. The van der Waals surface area contributed by atoms with Crippen molar-refractivity contribution in [3.63, 3.8) is 0 Å². The zero-order chi connectivity index (χ0) is 11.1. The lowest BCUT2D eigenvalue weighted by atomic mass is 9.94. The molecule has 0 aromatic heterocycles. The number of sulfone groups is 1. The van der Waals surface area contributed by atoms with Crippen LogP contribution in [0.4, 0.5) is 0 Å². The molecule has 0 spiro atoms. The van der Waals surface area contributed by atoms with Crippen molar-refractivity contribution in [2.24, 2.45) is 11.7 Å². The van der Waals surface area contributed by atoms with Crippen molar-refractivity contribution < 1.29 is 13.2 Å². The lowest BCUT2D eigenvalue weighted by molar-refractivity contribution is 0.0300. The van der Waals surface area contributed by atoms with Crippen LogP contribution in [0.2, 0.25) is 0 Å². The minimum absolute atomic E-state index is 0.0679. The summed E-state index contributed by atoms with van der Waals surface area (Å²) in [4.78, 5) is 0. The highest BCUT2D eigenvalue weighted by molar-refractivity contribution is 7.91. The molecule has 4 atom stereocenters. The molecule has 0 saturated carbocycles. The second kappa shape index (κ2) is 4.03. The van der Waals surface area contributed by atoms with E-state index in [9.17, 15) is 8.42 Å². The summed E-state index contributed by atoms with van der Waals surface area (Å²) in [5.74, 6) is 0.654. The fourth-order valence-corrected chi connectivity index (χ4v) is 4.42. The van der Waals surface area contributed by atoms with Gasteiger partial charge in [-0.3, -0.25) is 0 Å². The molecule has 0 aliphatic carbocycles. The normalized spacial score (nSPS) is 41.9. The van der Waals surface area contributed by atoms with Crippen LogP contribution >= 0.6 is 0 Å². The monoisotopic (exact) mass is 233 g/mol. The summed E-state index contributed by atoms with van der Waals surface area (Å²) in [6, 6.07) is -0.104. The highest BCUT2D eigenvalue weighted by Gasteiger charge is 2.38. The van der Waals surface area contributed by atoms with Gasteiger partial charge in [-0.15, -0.1) is 0 Å². The van der Waals surface area contributed by atoms with Crippen LogP contribution in [-0.4, -0.2) is 38.2 Å². The molecule has 2 saturated heterocycles.